The third-order valence-corrected chi connectivity index (χ3v) is 3.41. The molecule has 16 heavy (non-hydrogen) atoms. The Morgan fingerprint density at radius 3 is 2.56 bits per heavy atom. The van der Waals surface area contributed by atoms with Crippen LogP contribution in [0.2, 0.25) is 5.02 Å². The average Bonchev–Trinajstić information content (AvgIpc) is 2.16. The van der Waals surface area contributed by atoms with Crippen molar-refractivity contribution in [1.29, 1.82) is 0 Å². The number of hydrogen-bond donors (Lipinski definition) is 1. The highest BCUT2D eigenvalue weighted by atomic mass is 35.5. The Bertz CT molecular complexity index is 515. The van der Waals surface area contributed by atoms with Gasteiger partial charge in [0.1, 0.15) is 5.02 Å². The number of halogens is 1. The van der Waals surface area contributed by atoms with Crippen LogP contribution in [0.4, 0.5) is 11.4 Å². The normalized spacial score (nSPS) is 11.1. The minimum Gasteiger partial charge on any atom is -0.284 e. The molecule has 0 saturated carbocycles. The highest BCUT2D eigenvalue weighted by Gasteiger charge is 2.14. The van der Waals surface area contributed by atoms with Crippen molar-refractivity contribution in [3.8, 4) is 0 Å². The molecule has 0 bridgehead atoms. The van der Waals surface area contributed by atoms with E-state index in [1.165, 1.54) is 19.1 Å². The monoisotopic (exact) mass is 264 g/mol. The topological polar surface area (TPSA) is 89.3 Å². The minimum absolute atomic E-state index is 0.0817. The molecule has 1 N–H and O–H groups in total. The van der Waals surface area contributed by atoms with Gasteiger partial charge in [-0.1, -0.05) is 11.6 Å². The molecule has 0 aliphatic heterocycles. The summed E-state index contributed by atoms with van der Waals surface area (Å²) >= 11 is 5.62. The van der Waals surface area contributed by atoms with E-state index in [-0.39, 0.29) is 22.2 Å². The van der Waals surface area contributed by atoms with Crippen molar-refractivity contribution in [3.05, 3.63) is 33.3 Å². The van der Waals surface area contributed by atoms with E-state index in [0.717, 1.165) is 6.07 Å². The number of anilines is 1. The van der Waals surface area contributed by atoms with Crippen molar-refractivity contribution in [2.45, 2.75) is 6.92 Å². The summed E-state index contributed by atoms with van der Waals surface area (Å²) in [6.07, 6.45) is 0. The zero-order chi connectivity index (χ0) is 12.3. The number of nitro benzene ring substituents is 1. The molecule has 1 rings (SSSR count). The van der Waals surface area contributed by atoms with Gasteiger partial charge in [0.05, 0.1) is 16.4 Å². The van der Waals surface area contributed by atoms with Gasteiger partial charge in [0, 0.05) is 6.07 Å². The maximum Gasteiger partial charge on any atom is 0.288 e. The van der Waals surface area contributed by atoms with Gasteiger partial charge in [0.2, 0.25) is 10.0 Å². The fraction of sp³-hybridized carbons (Fsp3) is 0.250. The average molecular weight is 265 g/mol. The second kappa shape index (κ2) is 4.67. The fourth-order valence-electron chi connectivity index (χ4n) is 0.970. The largest absolute Gasteiger partial charge is 0.288 e. The summed E-state index contributed by atoms with van der Waals surface area (Å²) < 4.78 is 24.7. The number of nitro groups is 1. The van der Waals surface area contributed by atoms with Crippen molar-refractivity contribution in [2.24, 2.45) is 0 Å². The number of rotatable bonds is 4. The van der Waals surface area contributed by atoms with Crippen LogP contribution in [0, 0.1) is 10.1 Å². The Balaban J connectivity index is 3.03. The van der Waals surface area contributed by atoms with Crippen LogP contribution in [-0.2, 0) is 10.0 Å². The second-order valence-electron chi connectivity index (χ2n) is 2.93. The molecule has 1 aromatic carbocycles. The van der Waals surface area contributed by atoms with Gasteiger partial charge >= 0.3 is 0 Å². The molecule has 0 atom stereocenters. The molecule has 8 heteroatoms. The lowest BCUT2D eigenvalue weighted by Crippen LogP contribution is -2.14. The van der Waals surface area contributed by atoms with Crippen LogP contribution in [0.5, 0.6) is 0 Å². The summed E-state index contributed by atoms with van der Waals surface area (Å²) in [6, 6.07) is 3.64. The number of benzene rings is 1. The third-order valence-electron chi connectivity index (χ3n) is 1.80. The molecule has 6 nitrogen and oxygen atoms in total. The Kier molecular flexibility index (Phi) is 3.71. The second-order valence-corrected chi connectivity index (χ2v) is 5.35. The van der Waals surface area contributed by atoms with Crippen molar-refractivity contribution in [3.63, 3.8) is 0 Å². The van der Waals surface area contributed by atoms with E-state index in [1.807, 2.05) is 0 Å². The summed E-state index contributed by atoms with van der Waals surface area (Å²) in [7, 11) is -3.40. The SMILES string of the molecule is CCS(=O)(=O)Nc1ccc([N+](=O)[O-])c(Cl)c1. The van der Waals surface area contributed by atoms with Gasteiger partial charge in [0.15, 0.2) is 0 Å². The fourth-order valence-corrected chi connectivity index (χ4v) is 1.85. The first-order chi connectivity index (χ1) is 7.35. The molecule has 0 aliphatic rings. The van der Waals surface area contributed by atoms with Crippen LogP contribution in [0.3, 0.4) is 0 Å². The van der Waals surface area contributed by atoms with Gasteiger partial charge < -0.3 is 0 Å². The van der Waals surface area contributed by atoms with Crippen molar-refractivity contribution < 1.29 is 13.3 Å². The molecule has 1 aromatic rings. The molecule has 88 valence electrons. The molecule has 0 fully saturated rings. The summed E-state index contributed by atoms with van der Waals surface area (Å²) in [6.45, 7) is 1.48. The van der Waals surface area contributed by atoms with Crippen LogP contribution >= 0.6 is 11.6 Å². The standard InChI is InChI=1S/C8H9ClN2O4S/c1-2-16(14,15)10-6-3-4-8(11(12)13)7(9)5-6/h3-5,10H,2H2,1H3. The number of nitrogens with zero attached hydrogens (tertiary/aromatic N) is 1. The zero-order valence-corrected chi connectivity index (χ0v) is 9.88. The Morgan fingerprint density at radius 2 is 2.12 bits per heavy atom. The molecule has 0 amide bonds. The van der Waals surface area contributed by atoms with Gasteiger partial charge in [-0.05, 0) is 19.1 Å². The van der Waals surface area contributed by atoms with Gasteiger partial charge in [-0.3, -0.25) is 14.8 Å². The van der Waals surface area contributed by atoms with Crippen LogP contribution in [0.25, 0.3) is 0 Å². The number of hydrogen-bond acceptors (Lipinski definition) is 4. The predicted molar refractivity (Wildman–Crippen MR) is 61.2 cm³/mol. The quantitative estimate of drug-likeness (QED) is 0.665. The van der Waals surface area contributed by atoms with Crippen LogP contribution < -0.4 is 4.72 Å². The first kappa shape index (κ1) is 12.7. The third kappa shape index (κ3) is 3.07. The lowest BCUT2D eigenvalue weighted by Gasteiger charge is -2.05. The van der Waals surface area contributed by atoms with Crippen LogP contribution in [0.15, 0.2) is 18.2 Å². The van der Waals surface area contributed by atoms with Gasteiger partial charge in [-0.25, -0.2) is 8.42 Å². The van der Waals surface area contributed by atoms with E-state index < -0.39 is 14.9 Å². The van der Waals surface area contributed by atoms with E-state index in [4.69, 9.17) is 11.6 Å². The Morgan fingerprint density at radius 1 is 1.50 bits per heavy atom. The van der Waals surface area contributed by atoms with Crippen molar-refractivity contribution >= 4 is 33.0 Å². The summed E-state index contributed by atoms with van der Waals surface area (Å²) in [5.74, 6) is -0.0817. The van der Waals surface area contributed by atoms with E-state index in [1.54, 1.807) is 0 Å². The molecule has 0 heterocycles. The molecule has 0 aromatic heterocycles. The van der Waals surface area contributed by atoms with Crippen molar-refractivity contribution in [2.75, 3.05) is 10.5 Å². The molecule has 0 aliphatic carbocycles. The highest BCUT2D eigenvalue weighted by Crippen LogP contribution is 2.27. The molecular formula is C8H9ClN2O4S. The van der Waals surface area contributed by atoms with E-state index in [9.17, 15) is 18.5 Å². The Hall–Kier alpha value is -1.34. The molecule has 0 saturated heterocycles. The van der Waals surface area contributed by atoms with Gasteiger partial charge in [-0.2, -0.15) is 0 Å². The van der Waals surface area contributed by atoms with E-state index >= 15 is 0 Å². The van der Waals surface area contributed by atoms with Crippen molar-refractivity contribution in [1.82, 2.24) is 0 Å². The zero-order valence-electron chi connectivity index (χ0n) is 8.31. The number of sulfonamides is 1. The summed E-state index contributed by atoms with van der Waals surface area (Å²) in [5.41, 5.74) is -0.0569. The maximum atomic E-state index is 11.2. The van der Waals surface area contributed by atoms with E-state index in [0.29, 0.717) is 0 Å². The van der Waals surface area contributed by atoms with Gasteiger partial charge in [0.25, 0.3) is 5.69 Å². The lowest BCUT2D eigenvalue weighted by atomic mass is 10.3. The lowest BCUT2D eigenvalue weighted by molar-refractivity contribution is -0.384. The molecule has 0 unspecified atom stereocenters. The molecule has 0 spiro atoms. The summed E-state index contributed by atoms with van der Waals surface area (Å²) in [5, 5.41) is 10.3. The highest BCUT2D eigenvalue weighted by molar-refractivity contribution is 7.92. The van der Waals surface area contributed by atoms with Crippen LogP contribution in [-0.4, -0.2) is 19.1 Å². The predicted octanol–water partition coefficient (Wildman–Crippen LogP) is 2.01. The Labute approximate surface area is 97.4 Å². The minimum atomic E-state index is -3.40. The molecule has 0 radical (unpaired) electrons. The first-order valence-electron chi connectivity index (χ1n) is 4.30. The maximum absolute atomic E-state index is 11.2. The molecular weight excluding hydrogens is 256 g/mol. The number of nitrogens with one attached hydrogen (secondary N) is 1. The van der Waals surface area contributed by atoms with Gasteiger partial charge in [-0.15, -0.1) is 0 Å². The smallest absolute Gasteiger partial charge is 0.284 e. The first-order valence-corrected chi connectivity index (χ1v) is 6.33. The van der Waals surface area contributed by atoms with Crippen LogP contribution in [0.1, 0.15) is 6.92 Å². The van der Waals surface area contributed by atoms with E-state index in [2.05, 4.69) is 4.72 Å². The summed E-state index contributed by atoms with van der Waals surface area (Å²) in [4.78, 5) is 9.82.